The molecule has 4 aromatic rings. The number of aromatic nitrogens is 2. The van der Waals surface area contributed by atoms with Crippen molar-refractivity contribution in [2.75, 3.05) is 16.4 Å². The van der Waals surface area contributed by atoms with E-state index in [0.29, 0.717) is 17.8 Å². The van der Waals surface area contributed by atoms with Crippen LogP contribution in [-0.2, 0) is 16.0 Å². The summed E-state index contributed by atoms with van der Waals surface area (Å²) < 4.78 is 0. The second kappa shape index (κ2) is 10.1. The zero-order valence-corrected chi connectivity index (χ0v) is 18.4. The first kappa shape index (κ1) is 21.5. The topological polar surface area (TPSA) is 84.0 Å². The molecule has 0 aliphatic rings. The smallest absolute Gasteiger partial charge is 0.234 e. The Kier molecular flexibility index (Phi) is 6.77. The molecule has 0 unspecified atom stereocenters. The maximum absolute atomic E-state index is 12.5. The Morgan fingerprint density at radius 3 is 2.19 bits per heavy atom. The van der Waals surface area contributed by atoms with Crippen LogP contribution in [0.3, 0.4) is 0 Å². The van der Waals surface area contributed by atoms with Crippen molar-refractivity contribution < 1.29 is 9.59 Å². The molecule has 160 valence electrons. The summed E-state index contributed by atoms with van der Waals surface area (Å²) in [5.74, 6) is 0.682. The average molecular weight is 443 g/mol. The standard InChI is InChI=1S/C25H22N4O2S/c1-17(30)26-19-11-13-20(14-12-19)27-24(31)16-32-25-21-9-5-6-10-22(21)28-23(29-25)15-18-7-3-2-4-8-18/h2-14H,15-16H2,1H3,(H,26,30)(H,27,31). The van der Waals surface area contributed by atoms with Crippen LogP contribution in [-0.4, -0.2) is 27.5 Å². The van der Waals surface area contributed by atoms with Crippen LogP contribution in [0.15, 0.2) is 83.9 Å². The highest BCUT2D eigenvalue weighted by Gasteiger charge is 2.11. The van der Waals surface area contributed by atoms with Crippen molar-refractivity contribution in [3.63, 3.8) is 0 Å². The fraction of sp³-hybridized carbons (Fsp3) is 0.120. The van der Waals surface area contributed by atoms with Gasteiger partial charge in [0.05, 0.1) is 11.3 Å². The SMILES string of the molecule is CC(=O)Nc1ccc(NC(=O)CSc2nc(Cc3ccccc3)nc3ccccc23)cc1. The number of thioether (sulfide) groups is 1. The van der Waals surface area contributed by atoms with Crippen molar-refractivity contribution in [1.82, 2.24) is 9.97 Å². The van der Waals surface area contributed by atoms with Gasteiger partial charge in [-0.1, -0.05) is 60.3 Å². The number of para-hydroxylation sites is 1. The number of hydrogen-bond donors (Lipinski definition) is 2. The number of nitrogens with zero attached hydrogens (tertiary/aromatic N) is 2. The van der Waals surface area contributed by atoms with E-state index in [1.807, 2.05) is 42.5 Å². The molecule has 0 radical (unpaired) electrons. The van der Waals surface area contributed by atoms with Crippen molar-refractivity contribution in [3.8, 4) is 0 Å². The summed E-state index contributed by atoms with van der Waals surface area (Å²) in [5, 5.41) is 7.30. The second-order valence-corrected chi connectivity index (χ2v) is 8.18. The van der Waals surface area contributed by atoms with Gasteiger partial charge in [0.15, 0.2) is 0 Å². The molecule has 2 N–H and O–H groups in total. The lowest BCUT2D eigenvalue weighted by atomic mass is 10.1. The number of nitrogens with one attached hydrogen (secondary N) is 2. The Morgan fingerprint density at radius 2 is 1.47 bits per heavy atom. The first-order chi connectivity index (χ1) is 15.6. The monoisotopic (exact) mass is 442 g/mol. The van der Waals surface area contributed by atoms with Crippen molar-refractivity contribution in [3.05, 3.63) is 90.3 Å². The third kappa shape index (κ3) is 5.70. The van der Waals surface area contributed by atoms with E-state index in [1.54, 1.807) is 24.3 Å². The van der Waals surface area contributed by atoms with Gasteiger partial charge in [-0.25, -0.2) is 9.97 Å². The molecular formula is C25H22N4O2S. The van der Waals surface area contributed by atoms with Crippen LogP contribution in [0, 0.1) is 0 Å². The van der Waals surface area contributed by atoms with E-state index >= 15 is 0 Å². The van der Waals surface area contributed by atoms with Crippen molar-refractivity contribution in [2.24, 2.45) is 0 Å². The molecule has 32 heavy (non-hydrogen) atoms. The van der Waals surface area contributed by atoms with Gasteiger partial charge in [0.2, 0.25) is 11.8 Å². The molecule has 2 amide bonds. The third-order valence-corrected chi connectivity index (χ3v) is 5.64. The largest absolute Gasteiger partial charge is 0.326 e. The minimum absolute atomic E-state index is 0.130. The molecule has 1 aromatic heterocycles. The number of benzene rings is 3. The van der Waals surface area contributed by atoms with Gasteiger partial charge in [0.1, 0.15) is 10.9 Å². The summed E-state index contributed by atoms with van der Waals surface area (Å²) in [6.45, 7) is 1.45. The van der Waals surface area contributed by atoms with E-state index in [4.69, 9.17) is 9.97 Å². The summed E-state index contributed by atoms with van der Waals surface area (Å²) in [5.41, 5.74) is 3.36. The van der Waals surface area contributed by atoms with E-state index in [1.165, 1.54) is 18.7 Å². The summed E-state index contributed by atoms with van der Waals surface area (Å²) in [6, 6.07) is 24.9. The summed E-state index contributed by atoms with van der Waals surface area (Å²) in [6.07, 6.45) is 0.631. The lowest BCUT2D eigenvalue weighted by Crippen LogP contribution is -2.14. The van der Waals surface area contributed by atoms with Gasteiger partial charge < -0.3 is 10.6 Å². The van der Waals surface area contributed by atoms with Crippen molar-refractivity contribution >= 4 is 45.9 Å². The predicted octanol–water partition coefficient (Wildman–Crippen LogP) is 4.91. The van der Waals surface area contributed by atoms with Gasteiger partial charge in [0, 0.05) is 30.1 Å². The molecule has 0 atom stereocenters. The average Bonchev–Trinajstić information content (AvgIpc) is 2.79. The fourth-order valence-electron chi connectivity index (χ4n) is 3.23. The Hall–Kier alpha value is -3.71. The van der Waals surface area contributed by atoms with Gasteiger partial charge in [-0.15, -0.1) is 0 Å². The molecule has 0 saturated carbocycles. The zero-order chi connectivity index (χ0) is 22.3. The molecule has 0 aliphatic heterocycles. The molecule has 4 rings (SSSR count). The Bertz CT molecular complexity index is 1240. The van der Waals surface area contributed by atoms with Gasteiger partial charge in [-0.3, -0.25) is 9.59 Å². The van der Waals surface area contributed by atoms with E-state index in [0.717, 1.165) is 27.3 Å². The van der Waals surface area contributed by atoms with Gasteiger partial charge in [-0.2, -0.15) is 0 Å². The van der Waals surface area contributed by atoms with E-state index in [-0.39, 0.29) is 17.6 Å². The number of rotatable bonds is 7. The van der Waals surface area contributed by atoms with Gasteiger partial charge in [-0.05, 0) is 35.9 Å². The van der Waals surface area contributed by atoms with Crippen LogP contribution in [0.1, 0.15) is 18.3 Å². The van der Waals surface area contributed by atoms with Crippen LogP contribution in [0.4, 0.5) is 11.4 Å². The Morgan fingerprint density at radius 1 is 0.812 bits per heavy atom. The van der Waals surface area contributed by atoms with E-state index < -0.39 is 0 Å². The molecular weight excluding hydrogens is 420 g/mol. The summed E-state index contributed by atoms with van der Waals surface area (Å²) in [7, 11) is 0. The number of carbonyl (C=O) groups is 2. The lowest BCUT2D eigenvalue weighted by molar-refractivity contribution is -0.114. The molecule has 6 nitrogen and oxygen atoms in total. The van der Waals surface area contributed by atoms with Crippen LogP contribution < -0.4 is 10.6 Å². The minimum atomic E-state index is -0.137. The number of anilines is 2. The first-order valence-electron chi connectivity index (χ1n) is 10.2. The summed E-state index contributed by atoms with van der Waals surface area (Å²) in [4.78, 5) is 33.1. The summed E-state index contributed by atoms with van der Waals surface area (Å²) >= 11 is 1.39. The molecule has 0 aliphatic carbocycles. The normalized spacial score (nSPS) is 10.7. The molecule has 7 heteroatoms. The number of carbonyl (C=O) groups excluding carboxylic acids is 2. The lowest BCUT2D eigenvalue weighted by Gasteiger charge is -2.10. The zero-order valence-electron chi connectivity index (χ0n) is 17.5. The molecule has 0 fully saturated rings. The third-order valence-electron chi connectivity index (χ3n) is 4.65. The molecule has 3 aromatic carbocycles. The van der Waals surface area contributed by atoms with E-state index in [9.17, 15) is 9.59 Å². The van der Waals surface area contributed by atoms with Crippen LogP contribution in [0.5, 0.6) is 0 Å². The molecule has 1 heterocycles. The molecule has 0 spiro atoms. The van der Waals surface area contributed by atoms with Gasteiger partial charge >= 0.3 is 0 Å². The van der Waals surface area contributed by atoms with E-state index in [2.05, 4.69) is 22.8 Å². The van der Waals surface area contributed by atoms with Crippen molar-refractivity contribution in [2.45, 2.75) is 18.4 Å². The number of fused-ring (bicyclic) bond motifs is 1. The Labute approximate surface area is 190 Å². The predicted molar refractivity (Wildman–Crippen MR) is 129 cm³/mol. The molecule has 0 saturated heterocycles. The van der Waals surface area contributed by atoms with Crippen LogP contribution in [0.25, 0.3) is 10.9 Å². The second-order valence-electron chi connectivity index (χ2n) is 7.22. The highest BCUT2D eigenvalue weighted by Crippen LogP contribution is 2.26. The van der Waals surface area contributed by atoms with Gasteiger partial charge in [0.25, 0.3) is 0 Å². The van der Waals surface area contributed by atoms with Crippen molar-refractivity contribution in [1.29, 1.82) is 0 Å². The minimum Gasteiger partial charge on any atom is -0.326 e. The maximum Gasteiger partial charge on any atom is 0.234 e. The number of amides is 2. The number of hydrogen-bond acceptors (Lipinski definition) is 5. The first-order valence-corrected chi connectivity index (χ1v) is 11.2. The fourth-order valence-corrected chi connectivity index (χ4v) is 4.07. The maximum atomic E-state index is 12.5. The molecule has 0 bridgehead atoms. The Balaban J connectivity index is 1.46. The quantitative estimate of drug-likeness (QED) is 0.314. The highest BCUT2D eigenvalue weighted by atomic mass is 32.2. The highest BCUT2D eigenvalue weighted by molar-refractivity contribution is 8.00. The van der Waals surface area contributed by atoms with Crippen LogP contribution in [0.2, 0.25) is 0 Å². The van der Waals surface area contributed by atoms with Crippen LogP contribution >= 0.6 is 11.8 Å².